The SMILES string of the molecule is CN1C(=O)CC(C(=O)N2CC=C(c3c[nH]c4ncccc34)CC2)C1c1ccccc1. The van der Waals surface area contributed by atoms with Gasteiger partial charge in [-0.1, -0.05) is 36.4 Å². The number of carbonyl (C=O) groups excluding carboxylic acids is 2. The topological polar surface area (TPSA) is 69.3 Å². The Labute approximate surface area is 175 Å². The lowest BCUT2D eigenvalue weighted by Gasteiger charge is -2.32. The molecule has 5 rings (SSSR count). The molecular weight excluding hydrogens is 376 g/mol. The molecule has 0 radical (unpaired) electrons. The number of carbonyl (C=O) groups is 2. The summed E-state index contributed by atoms with van der Waals surface area (Å²) in [6, 6.07) is 13.7. The first kappa shape index (κ1) is 18.6. The van der Waals surface area contributed by atoms with E-state index in [1.165, 1.54) is 5.57 Å². The molecule has 0 spiro atoms. The maximum Gasteiger partial charge on any atom is 0.228 e. The van der Waals surface area contributed by atoms with Crippen molar-refractivity contribution >= 4 is 28.4 Å². The third-order valence-corrected chi connectivity index (χ3v) is 6.36. The Morgan fingerprint density at radius 3 is 2.77 bits per heavy atom. The van der Waals surface area contributed by atoms with E-state index in [2.05, 4.69) is 22.1 Å². The average Bonchev–Trinajstić information content (AvgIpc) is 3.35. The van der Waals surface area contributed by atoms with Gasteiger partial charge >= 0.3 is 0 Å². The van der Waals surface area contributed by atoms with Crippen LogP contribution in [0.2, 0.25) is 0 Å². The number of benzene rings is 1. The Bertz CT molecular complexity index is 1130. The van der Waals surface area contributed by atoms with Gasteiger partial charge in [0.2, 0.25) is 11.8 Å². The van der Waals surface area contributed by atoms with Crippen LogP contribution in [-0.2, 0) is 9.59 Å². The van der Waals surface area contributed by atoms with Crippen LogP contribution in [0.25, 0.3) is 16.6 Å². The van der Waals surface area contributed by atoms with Gasteiger partial charge in [0.05, 0.1) is 12.0 Å². The van der Waals surface area contributed by atoms with Gasteiger partial charge in [0.1, 0.15) is 5.65 Å². The van der Waals surface area contributed by atoms with E-state index in [9.17, 15) is 9.59 Å². The lowest BCUT2D eigenvalue weighted by atomic mass is 9.91. The number of H-pyrrole nitrogens is 1. The summed E-state index contributed by atoms with van der Waals surface area (Å²) in [4.78, 5) is 37.0. The van der Waals surface area contributed by atoms with Crippen LogP contribution in [0.1, 0.15) is 30.0 Å². The molecule has 1 saturated heterocycles. The van der Waals surface area contributed by atoms with Crippen molar-refractivity contribution in [3.8, 4) is 0 Å². The van der Waals surface area contributed by atoms with E-state index in [0.29, 0.717) is 13.1 Å². The molecule has 1 fully saturated rings. The van der Waals surface area contributed by atoms with Crippen molar-refractivity contribution in [1.82, 2.24) is 19.8 Å². The highest BCUT2D eigenvalue weighted by molar-refractivity contribution is 5.93. The molecule has 152 valence electrons. The zero-order valence-corrected chi connectivity index (χ0v) is 16.9. The van der Waals surface area contributed by atoms with Gasteiger partial charge in [0.25, 0.3) is 0 Å². The number of pyridine rings is 1. The Kier molecular flexibility index (Phi) is 4.62. The number of amides is 2. The molecule has 30 heavy (non-hydrogen) atoms. The molecule has 2 aliphatic heterocycles. The van der Waals surface area contributed by atoms with E-state index >= 15 is 0 Å². The number of nitrogens with one attached hydrogen (secondary N) is 1. The zero-order chi connectivity index (χ0) is 20.7. The fourth-order valence-electron chi connectivity index (χ4n) is 4.77. The first-order valence-corrected chi connectivity index (χ1v) is 10.3. The highest BCUT2D eigenvalue weighted by Gasteiger charge is 2.44. The van der Waals surface area contributed by atoms with E-state index in [-0.39, 0.29) is 30.2 Å². The molecule has 0 bridgehead atoms. The highest BCUT2D eigenvalue weighted by Crippen LogP contribution is 2.38. The number of rotatable bonds is 3. The Hall–Kier alpha value is -3.41. The predicted molar refractivity (Wildman–Crippen MR) is 115 cm³/mol. The lowest BCUT2D eigenvalue weighted by molar-refractivity contribution is -0.136. The molecule has 6 heteroatoms. The number of aromatic amines is 1. The first-order chi connectivity index (χ1) is 14.6. The largest absolute Gasteiger partial charge is 0.346 e. The van der Waals surface area contributed by atoms with Gasteiger partial charge in [-0.15, -0.1) is 0 Å². The summed E-state index contributed by atoms with van der Waals surface area (Å²) in [7, 11) is 1.80. The Balaban J connectivity index is 1.36. The molecule has 2 unspecified atom stereocenters. The number of aromatic nitrogens is 2. The van der Waals surface area contributed by atoms with Crippen molar-refractivity contribution in [3.05, 3.63) is 72.1 Å². The van der Waals surface area contributed by atoms with E-state index < -0.39 is 0 Å². The molecule has 0 aliphatic carbocycles. The quantitative estimate of drug-likeness (QED) is 0.733. The second kappa shape index (κ2) is 7.44. The second-order valence-electron chi connectivity index (χ2n) is 8.04. The van der Waals surface area contributed by atoms with Crippen LogP contribution >= 0.6 is 0 Å². The molecule has 2 aromatic heterocycles. The molecule has 0 saturated carbocycles. The molecule has 6 nitrogen and oxygen atoms in total. The van der Waals surface area contributed by atoms with E-state index in [0.717, 1.165) is 28.6 Å². The summed E-state index contributed by atoms with van der Waals surface area (Å²) in [5, 5.41) is 1.11. The van der Waals surface area contributed by atoms with Crippen LogP contribution in [0.5, 0.6) is 0 Å². The first-order valence-electron chi connectivity index (χ1n) is 10.3. The zero-order valence-electron chi connectivity index (χ0n) is 16.9. The van der Waals surface area contributed by atoms with Gasteiger partial charge in [-0.2, -0.15) is 0 Å². The van der Waals surface area contributed by atoms with Crippen LogP contribution in [0.4, 0.5) is 0 Å². The molecular formula is C24H24N4O2. The number of fused-ring (bicyclic) bond motifs is 1. The minimum absolute atomic E-state index is 0.0294. The summed E-state index contributed by atoms with van der Waals surface area (Å²) in [5.41, 5.74) is 4.29. The summed E-state index contributed by atoms with van der Waals surface area (Å²) in [5.74, 6) is -0.240. The summed E-state index contributed by atoms with van der Waals surface area (Å²) >= 11 is 0. The Morgan fingerprint density at radius 2 is 2.00 bits per heavy atom. The summed E-state index contributed by atoms with van der Waals surface area (Å²) in [6.07, 6.45) is 6.98. The third kappa shape index (κ3) is 3.09. The van der Waals surface area contributed by atoms with Crippen molar-refractivity contribution in [1.29, 1.82) is 0 Å². The fourth-order valence-corrected chi connectivity index (χ4v) is 4.77. The van der Waals surface area contributed by atoms with Gasteiger partial charge in [-0.25, -0.2) is 4.98 Å². The molecule has 2 amide bonds. The summed E-state index contributed by atoms with van der Waals surface area (Å²) < 4.78 is 0. The van der Waals surface area contributed by atoms with Gasteiger partial charge in [0.15, 0.2) is 0 Å². The van der Waals surface area contributed by atoms with E-state index in [1.807, 2.05) is 47.5 Å². The molecule has 2 aliphatic rings. The third-order valence-electron chi connectivity index (χ3n) is 6.36. The minimum Gasteiger partial charge on any atom is -0.346 e. The second-order valence-corrected chi connectivity index (χ2v) is 8.04. The van der Waals surface area contributed by atoms with Gasteiger partial charge in [-0.3, -0.25) is 9.59 Å². The van der Waals surface area contributed by atoms with Gasteiger partial charge < -0.3 is 14.8 Å². The number of hydrogen-bond donors (Lipinski definition) is 1. The summed E-state index contributed by atoms with van der Waals surface area (Å²) in [6.45, 7) is 1.23. The maximum absolute atomic E-state index is 13.4. The molecule has 1 N–H and O–H groups in total. The number of nitrogens with zero attached hydrogens (tertiary/aromatic N) is 3. The van der Waals surface area contributed by atoms with Crippen LogP contribution in [0.3, 0.4) is 0 Å². The maximum atomic E-state index is 13.4. The predicted octanol–water partition coefficient (Wildman–Crippen LogP) is 3.40. The molecule has 3 aromatic rings. The van der Waals surface area contributed by atoms with E-state index in [1.54, 1.807) is 18.1 Å². The monoisotopic (exact) mass is 400 g/mol. The lowest BCUT2D eigenvalue weighted by Crippen LogP contribution is -2.40. The van der Waals surface area contributed by atoms with Gasteiger partial charge in [0, 0.05) is 49.9 Å². The van der Waals surface area contributed by atoms with Crippen molar-refractivity contribution in [2.24, 2.45) is 5.92 Å². The molecule has 4 heterocycles. The standard InChI is InChI=1S/C24H24N4O2/c1-27-21(29)14-19(22(27)17-6-3-2-4-7-17)24(30)28-12-9-16(10-13-28)20-15-26-23-18(20)8-5-11-25-23/h2-9,11,15,19,22H,10,12-14H2,1H3,(H,25,26). The van der Waals surface area contributed by atoms with Crippen molar-refractivity contribution in [3.63, 3.8) is 0 Å². The smallest absolute Gasteiger partial charge is 0.228 e. The number of hydrogen-bond acceptors (Lipinski definition) is 3. The van der Waals surface area contributed by atoms with Crippen LogP contribution in [0.15, 0.2) is 60.9 Å². The average molecular weight is 400 g/mol. The van der Waals surface area contributed by atoms with Crippen LogP contribution in [-0.4, -0.2) is 51.7 Å². The van der Waals surface area contributed by atoms with Crippen LogP contribution < -0.4 is 0 Å². The normalized spacial score (nSPS) is 21.9. The molecule has 2 atom stereocenters. The van der Waals surface area contributed by atoms with Crippen molar-refractivity contribution in [2.45, 2.75) is 18.9 Å². The number of likely N-dealkylation sites (tertiary alicyclic amines) is 1. The highest BCUT2D eigenvalue weighted by atomic mass is 16.2. The van der Waals surface area contributed by atoms with E-state index in [4.69, 9.17) is 0 Å². The van der Waals surface area contributed by atoms with Crippen molar-refractivity contribution in [2.75, 3.05) is 20.1 Å². The Morgan fingerprint density at radius 1 is 1.17 bits per heavy atom. The minimum atomic E-state index is -0.336. The van der Waals surface area contributed by atoms with Crippen molar-refractivity contribution < 1.29 is 9.59 Å². The fraction of sp³-hybridized carbons (Fsp3) is 0.292. The van der Waals surface area contributed by atoms with Crippen LogP contribution in [0, 0.1) is 5.92 Å². The van der Waals surface area contributed by atoms with Gasteiger partial charge in [-0.05, 0) is 29.7 Å². The molecule has 1 aromatic carbocycles.